The Morgan fingerprint density at radius 1 is 1.62 bits per heavy atom. The van der Waals surface area contributed by atoms with Crippen LogP contribution in [0.2, 0.25) is 0 Å². The van der Waals surface area contributed by atoms with E-state index in [0.717, 1.165) is 24.3 Å². The van der Waals surface area contributed by atoms with Gasteiger partial charge in [-0.25, -0.2) is 4.98 Å². The lowest BCUT2D eigenvalue weighted by Crippen LogP contribution is -2.25. The minimum atomic E-state index is 0.0839. The summed E-state index contributed by atoms with van der Waals surface area (Å²) in [5.74, 6) is 1.58. The number of amidine groups is 1. The fraction of sp³-hybridized carbons (Fsp3) is 0.500. The molecule has 0 fully saturated rings. The van der Waals surface area contributed by atoms with Crippen LogP contribution in [0, 0.1) is 11.3 Å². The fourth-order valence-corrected chi connectivity index (χ4v) is 1.48. The largest absolute Gasteiger partial charge is 0.384 e. The second-order valence-corrected chi connectivity index (χ2v) is 4.21. The number of anilines is 1. The van der Waals surface area contributed by atoms with E-state index in [4.69, 9.17) is 11.1 Å². The maximum Gasteiger partial charge on any atom is 0.128 e. The molecule has 0 saturated heterocycles. The molecule has 1 aromatic heterocycles. The van der Waals surface area contributed by atoms with Crippen molar-refractivity contribution in [1.29, 1.82) is 5.41 Å². The first-order chi connectivity index (χ1) is 7.54. The number of aromatic nitrogens is 1. The Bertz CT molecular complexity index is 362. The van der Waals surface area contributed by atoms with Gasteiger partial charge in [-0.15, -0.1) is 0 Å². The molecular formula is C12H20N4. The van der Waals surface area contributed by atoms with Gasteiger partial charge in [-0.1, -0.05) is 20.3 Å². The van der Waals surface area contributed by atoms with Crippen LogP contribution in [-0.4, -0.2) is 24.4 Å². The van der Waals surface area contributed by atoms with E-state index in [0.29, 0.717) is 5.92 Å². The Labute approximate surface area is 97.0 Å². The number of nitrogen functional groups attached to an aromatic ring is 1. The van der Waals surface area contributed by atoms with Gasteiger partial charge in [0.05, 0.1) is 0 Å². The summed E-state index contributed by atoms with van der Waals surface area (Å²) in [6.07, 6.45) is 2.84. The number of pyridine rings is 1. The van der Waals surface area contributed by atoms with Crippen LogP contribution in [0.3, 0.4) is 0 Å². The third-order valence-corrected chi connectivity index (χ3v) is 2.73. The van der Waals surface area contributed by atoms with Crippen LogP contribution in [-0.2, 0) is 0 Å². The van der Waals surface area contributed by atoms with Gasteiger partial charge < -0.3 is 10.6 Å². The van der Waals surface area contributed by atoms with E-state index < -0.39 is 0 Å². The lowest BCUT2D eigenvalue weighted by Gasteiger charge is -2.22. The van der Waals surface area contributed by atoms with Gasteiger partial charge in [-0.2, -0.15) is 0 Å². The van der Waals surface area contributed by atoms with E-state index in [1.165, 1.54) is 0 Å². The summed E-state index contributed by atoms with van der Waals surface area (Å²) >= 11 is 0. The van der Waals surface area contributed by atoms with E-state index in [-0.39, 0.29) is 5.84 Å². The van der Waals surface area contributed by atoms with E-state index >= 15 is 0 Å². The first kappa shape index (κ1) is 12.5. The lowest BCUT2D eigenvalue weighted by atomic mass is 10.1. The first-order valence-corrected chi connectivity index (χ1v) is 5.56. The van der Waals surface area contributed by atoms with Crippen molar-refractivity contribution in [2.45, 2.75) is 20.3 Å². The van der Waals surface area contributed by atoms with Gasteiger partial charge >= 0.3 is 0 Å². The van der Waals surface area contributed by atoms with Gasteiger partial charge in [0.1, 0.15) is 11.7 Å². The molecule has 0 spiro atoms. The monoisotopic (exact) mass is 220 g/mol. The highest BCUT2D eigenvalue weighted by Crippen LogP contribution is 2.13. The molecule has 88 valence electrons. The van der Waals surface area contributed by atoms with Gasteiger partial charge in [0.25, 0.3) is 0 Å². The second kappa shape index (κ2) is 5.49. The van der Waals surface area contributed by atoms with Crippen molar-refractivity contribution in [3.8, 4) is 0 Å². The summed E-state index contributed by atoms with van der Waals surface area (Å²) in [4.78, 5) is 6.38. The molecule has 3 N–H and O–H groups in total. The molecule has 0 aliphatic heterocycles. The van der Waals surface area contributed by atoms with Crippen LogP contribution in [0.25, 0.3) is 0 Å². The topological polar surface area (TPSA) is 66.0 Å². The molecular weight excluding hydrogens is 200 g/mol. The van der Waals surface area contributed by atoms with Crippen molar-refractivity contribution in [3.05, 3.63) is 23.9 Å². The molecule has 1 heterocycles. The Hall–Kier alpha value is -1.58. The smallest absolute Gasteiger partial charge is 0.128 e. The van der Waals surface area contributed by atoms with Crippen LogP contribution in [0.1, 0.15) is 25.8 Å². The van der Waals surface area contributed by atoms with Crippen LogP contribution < -0.4 is 10.6 Å². The molecule has 0 aliphatic carbocycles. The summed E-state index contributed by atoms with van der Waals surface area (Å²) in [5, 5.41) is 7.38. The standard InChI is InChI=1S/C12H20N4/c1-4-9(2)8-16(3)11-7-10(12(13)14)5-6-15-11/h5-7,9H,4,8H2,1-3H3,(H3,13,14). The number of hydrogen-bond donors (Lipinski definition) is 2. The zero-order chi connectivity index (χ0) is 12.1. The maximum absolute atomic E-state index is 7.38. The average molecular weight is 220 g/mol. The minimum absolute atomic E-state index is 0.0839. The van der Waals surface area contributed by atoms with Gasteiger partial charge in [0.2, 0.25) is 0 Å². The van der Waals surface area contributed by atoms with Crippen molar-refractivity contribution < 1.29 is 0 Å². The van der Waals surface area contributed by atoms with Gasteiger partial charge in [0.15, 0.2) is 0 Å². The average Bonchev–Trinajstić information content (AvgIpc) is 2.28. The Morgan fingerprint density at radius 3 is 2.88 bits per heavy atom. The molecule has 0 saturated carbocycles. The number of nitrogens with two attached hydrogens (primary N) is 1. The summed E-state index contributed by atoms with van der Waals surface area (Å²) < 4.78 is 0. The summed E-state index contributed by atoms with van der Waals surface area (Å²) in [6, 6.07) is 3.60. The quantitative estimate of drug-likeness (QED) is 0.588. The predicted molar refractivity (Wildman–Crippen MR) is 68.0 cm³/mol. The van der Waals surface area contributed by atoms with Crippen molar-refractivity contribution in [2.24, 2.45) is 11.7 Å². The molecule has 0 aromatic carbocycles. The lowest BCUT2D eigenvalue weighted by molar-refractivity contribution is 0.558. The molecule has 0 amide bonds. The normalized spacial score (nSPS) is 12.2. The van der Waals surface area contributed by atoms with E-state index in [2.05, 4.69) is 23.7 Å². The van der Waals surface area contributed by atoms with Crippen LogP contribution >= 0.6 is 0 Å². The Morgan fingerprint density at radius 2 is 2.31 bits per heavy atom. The van der Waals surface area contributed by atoms with E-state index in [1.807, 2.05) is 13.1 Å². The fourth-order valence-electron chi connectivity index (χ4n) is 1.48. The summed E-state index contributed by atoms with van der Waals surface area (Å²) in [7, 11) is 2.01. The van der Waals surface area contributed by atoms with E-state index in [9.17, 15) is 0 Å². The molecule has 0 bridgehead atoms. The third kappa shape index (κ3) is 3.22. The van der Waals surface area contributed by atoms with Crippen molar-refractivity contribution >= 4 is 11.7 Å². The minimum Gasteiger partial charge on any atom is -0.384 e. The third-order valence-electron chi connectivity index (χ3n) is 2.73. The predicted octanol–water partition coefficient (Wildman–Crippen LogP) is 1.85. The highest BCUT2D eigenvalue weighted by molar-refractivity contribution is 5.95. The Balaban J connectivity index is 2.79. The zero-order valence-corrected chi connectivity index (χ0v) is 10.2. The second-order valence-electron chi connectivity index (χ2n) is 4.21. The molecule has 4 nitrogen and oxygen atoms in total. The molecule has 1 rings (SSSR count). The maximum atomic E-state index is 7.38. The first-order valence-electron chi connectivity index (χ1n) is 5.56. The van der Waals surface area contributed by atoms with Gasteiger partial charge in [0, 0.05) is 25.4 Å². The highest BCUT2D eigenvalue weighted by atomic mass is 15.2. The SMILES string of the molecule is CCC(C)CN(C)c1cc(C(=N)N)ccn1. The summed E-state index contributed by atoms with van der Waals surface area (Å²) in [5.41, 5.74) is 6.17. The van der Waals surface area contributed by atoms with Crippen molar-refractivity contribution in [1.82, 2.24) is 4.98 Å². The van der Waals surface area contributed by atoms with Gasteiger partial charge in [-0.3, -0.25) is 5.41 Å². The molecule has 1 atom stereocenters. The molecule has 0 radical (unpaired) electrons. The zero-order valence-electron chi connectivity index (χ0n) is 10.2. The van der Waals surface area contributed by atoms with Crippen molar-refractivity contribution in [2.75, 3.05) is 18.5 Å². The molecule has 0 aliphatic rings. The van der Waals surface area contributed by atoms with Gasteiger partial charge in [-0.05, 0) is 18.1 Å². The molecule has 16 heavy (non-hydrogen) atoms. The number of hydrogen-bond acceptors (Lipinski definition) is 3. The van der Waals surface area contributed by atoms with Crippen LogP contribution in [0.5, 0.6) is 0 Å². The van der Waals surface area contributed by atoms with Crippen LogP contribution in [0.15, 0.2) is 18.3 Å². The molecule has 4 heteroatoms. The number of nitrogens with zero attached hydrogens (tertiary/aromatic N) is 2. The number of nitrogens with one attached hydrogen (secondary N) is 1. The van der Waals surface area contributed by atoms with Crippen molar-refractivity contribution in [3.63, 3.8) is 0 Å². The summed E-state index contributed by atoms with van der Waals surface area (Å²) in [6.45, 7) is 5.36. The van der Waals surface area contributed by atoms with Crippen LogP contribution in [0.4, 0.5) is 5.82 Å². The molecule has 1 aromatic rings. The number of rotatable bonds is 5. The van der Waals surface area contributed by atoms with E-state index in [1.54, 1.807) is 12.3 Å². The molecule has 1 unspecified atom stereocenters. The highest BCUT2D eigenvalue weighted by Gasteiger charge is 2.07. The Kier molecular flexibility index (Phi) is 4.28.